The minimum atomic E-state index is -2.99. The van der Waals surface area contributed by atoms with Gasteiger partial charge in [-0.3, -0.25) is 0 Å². The number of rotatable bonds is 6. The molecule has 0 spiro atoms. The molecule has 0 unspecified atom stereocenters. The topological polar surface area (TPSA) is 48.6 Å². The lowest BCUT2D eigenvalue weighted by molar-refractivity contribution is -0.0552. The number of hydrogen-bond donors (Lipinski definition) is 0. The summed E-state index contributed by atoms with van der Waals surface area (Å²) < 4.78 is 30.3. The van der Waals surface area contributed by atoms with Gasteiger partial charge in [-0.05, 0) is 19.1 Å². The highest BCUT2D eigenvalue weighted by Gasteiger charge is 2.20. The van der Waals surface area contributed by atoms with Crippen LogP contribution >= 0.6 is 23.2 Å². The van der Waals surface area contributed by atoms with Crippen molar-refractivity contribution in [2.75, 3.05) is 6.61 Å². The number of nitrogens with zero attached hydrogens (tertiary/aromatic N) is 3. The van der Waals surface area contributed by atoms with Crippen molar-refractivity contribution in [1.29, 1.82) is 0 Å². The van der Waals surface area contributed by atoms with Crippen LogP contribution in [0.3, 0.4) is 0 Å². The predicted molar refractivity (Wildman–Crippen MR) is 84.5 cm³/mol. The lowest BCUT2D eigenvalue weighted by Crippen LogP contribution is -2.06. The van der Waals surface area contributed by atoms with Crippen molar-refractivity contribution in [2.45, 2.75) is 13.5 Å². The van der Waals surface area contributed by atoms with Crippen molar-refractivity contribution >= 4 is 29.4 Å². The van der Waals surface area contributed by atoms with Gasteiger partial charge in [0.25, 0.3) is 0 Å². The van der Waals surface area contributed by atoms with Crippen LogP contribution in [-0.2, 0) is 11.9 Å². The van der Waals surface area contributed by atoms with Crippen LogP contribution in [0.4, 0.5) is 8.78 Å². The van der Waals surface area contributed by atoms with Crippen LogP contribution < -0.4 is 4.74 Å². The Hall–Kier alpha value is -1.86. The fraction of sp³-hybridized carbons (Fsp3) is 0.286. The molecule has 0 bridgehead atoms. The summed E-state index contributed by atoms with van der Waals surface area (Å²) in [6.07, 6.45) is 1.45. The van der Waals surface area contributed by atoms with E-state index in [1.54, 1.807) is 25.1 Å². The second-order valence-electron chi connectivity index (χ2n) is 4.36. The van der Waals surface area contributed by atoms with E-state index >= 15 is 0 Å². The first-order valence-electron chi connectivity index (χ1n) is 6.56. The van der Waals surface area contributed by atoms with E-state index in [2.05, 4.69) is 15.0 Å². The molecule has 0 atom stereocenters. The van der Waals surface area contributed by atoms with Crippen molar-refractivity contribution in [3.05, 3.63) is 33.8 Å². The molecule has 124 valence electrons. The first kappa shape index (κ1) is 17.5. The summed E-state index contributed by atoms with van der Waals surface area (Å²) in [6.45, 7) is -0.767. The molecule has 0 fully saturated rings. The number of aromatic nitrogens is 2. The fourth-order valence-electron chi connectivity index (χ4n) is 1.84. The second-order valence-corrected chi connectivity index (χ2v) is 5.14. The summed E-state index contributed by atoms with van der Waals surface area (Å²) in [5, 5.41) is 8.30. The number of ether oxygens (including phenoxy) is 1. The Balaban J connectivity index is 2.41. The Kier molecular flexibility index (Phi) is 5.79. The first-order chi connectivity index (χ1) is 10.9. The van der Waals surface area contributed by atoms with E-state index in [4.69, 9.17) is 28.0 Å². The summed E-state index contributed by atoms with van der Waals surface area (Å²) in [7, 11) is 1.46. The first-order valence-corrected chi connectivity index (χ1v) is 7.32. The smallest absolute Gasteiger partial charge is 0.388 e. The quantitative estimate of drug-likeness (QED) is 0.565. The molecular formula is C14H13Cl2F2N3O2. The van der Waals surface area contributed by atoms with Gasteiger partial charge in [-0.1, -0.05) is 34.4 Å². The molecule has 0 N–H and O–H groups in total. The molecule has 0 aliphatic heterocycles. The van der Waals surface area contributed by atoms with Gasteiger partial charge in [0.15, 0.2) is 0 Å². The minimum Gasteiger partial charge on any atom is -0.416 e. The highest BCUT2D eigenvalue weighted by atomic mass is 35.5. The standard InChI is InChI=1S/C14H13Cl2F2N3O2/c1-3-22-19-7-9-6-8(4-5-10(9)15)12-11(16)13(21(2)20-12)23-14(17)18/h4-7,14H,3H2,1-2H3. The summed E-state index contributed by atoms with van der Waals surface area (Å²) in [5.74, 6) is -0.212. The van der Waals surface area contributed by atoms with E-state index < -0.39 is 6.61 Å². The van der Waals surface area contributed by atoms with Crippen LogP contribution in [0.2, 0.25) is 10.0 Å². The molecule has 2 aromatic rings. The van der Waals surface area contributed by atoms with Crippen LogP contribution in [0.1, 0.15) is 12.5 Å². The lowest BCUT2D eigenvalue weighted by Gasteiger charge is -2.04. The Morgan fingerprint density at radius 3 is 2.78 bits per heavy atom. The molecule has 23 heavy (non-hydrogen) atoms. The Bertz CT molecular complexity index is 720. The maximum absolute atomic E-state index is 12.4. The van der Waals surface area contributed by atoms with Gasteiger partial charge in [-0.15, -0.1) is 0 Å². The Labute approximate surface area is 141 Å². The number of oxime groups is 1. The SMILES string of the molecule is CCON=Cc1cc(-c2nn(C)c(OC(F)F)c2Cl)ccc1Cl. The molecule has 0 radical (unpaired) electrons. The molecule has 1 aromatic carbocycles. The summed E-state index contributed by atoms with van der Waals surface area (Å²) >= 11 is 12.2. The molecule has 0 aliphatic carbocycles. The van der Waals surface area contributed by atoms with Crippen molar-refractivity contribution in [1.82, 2.24) is 9.78 Å². The number of halogens is 4. The zero-order chi connectivity index (χ0) is 17.0. The van der Waals surface area contributed by atoms with Gasteiger partial charge in [-0.25, -0.2) is 4.68 Å². The van der Waals surface area contributed by atoms with Crippen molar-refractivity contribution in [2.24, 2.45) is 12.2 Å². The summed E-state index contributed by atoms with van der Waals surface area (Å²) in [4.78, 5) is 4.89. The molecule has 9 heteroatoms. The Morgan fingerprint density at radius 1 is 1.39 bits per heavy atom. The largest absolute Gasteiger partial charge is 0.416 e. The van der Waals surface area contributed by atoms with Crippen molar-refractivity contribution < 1.29 is 18.4 Å². The van der Waals surface area contributed by atoms with Crippen molar-refractivity contribution in [3.8, 4) is 17.1 Å². The van der Waals surface area contributed by atoms with Gasteiger partial charge in [0.2, 0.25) is 5.88 Å². The van der Waals surface area contributed by atoms with Gasteiger partial charge >= 0.3 is 6.61 Å². The molecule has 5 nitrogen and oxygen atoms in total. The number of aryl methyl sites for hydroxylation is 1. The molecule has 0 amide bonds. The highest BCUT2D eigenvalue weighted by Crippen LogP contribution is 2.36. The zero-order valence-corrected chi connectivity index (χ0v) is 13.8. The van der Waals surface area contributed by atoms with Crippen LogP contribution in [0.5, 0.6) is 5.88 Å². The number of hydrogen-bond acceptors (Lipinski definition) is 4. The van der Waals surface area contributed by atoms with E-state index in [0.717, 1.165) is 4.68 Å². The molecule has 0 aliphatic rings. The van der Waals surface area contributed by atoms with Crippen molar-refractivity contribution in [3.63, 3.8) is 0 Å². The summed E-state index contributed by atoms with van der Waals surface area (Å²) in [5.41, 5.74) is 1.46. The number of alkyl halides is 2. The minimum absolute atomic E-state index is 0.0113. The molecule has 2 rings (SSSR count). The van der Waals surface area contributed by atoms with Gasteiger partial charge in [0.1, 0.15) is 17.3 Å². The number of benzene rings is 1. The highest BCUT2D eigenvalue weighted by molar-refractivity contribution is 6.35. The maximum Gasteiger partial charge on any atom is 0.388 e. The van der Waals surface area contributed by atoms with E-state index in [1.807, 2.05) is 0 Å². The molecule has 0 saturated heterocycles. The predicted octanol–water partition coefficient (Wildman–Crippen LogP) is 4.37. The monoisotopic (exact) mass is 363 g/mol. The van der Waals surface area contributed by atoms with E-state index in [1.165, 1.54) is 13.3 Å². The second kappa shape index (κ2) is 7.61. The molecule has 1 heterocycles. The average Bonchev–Trinajstić information content (AvgIpc) is 2.77. The zero-order valence-electron chi connectivity index (χ0n) is 12.3. The molecule has 1 aromatic heterocycles. The normalized spacial score (nSPS) is 11.4. The van der Waals surface area contributed by atoms with Crippen LogP contribution in [0, 0.1) is 0 Å². The lowest BCUT2D eigenvalue weighted by atomic mass is 10.1. The van der Waals surface area contributed by atoms with Crippen LogP contribution in [0.15, 0.2) is 23.4 Å². The third-order valence-electron chi connectivity index (χ3n) is 2.81. The molecule has 0 saturated carbocycles. The van der Waals surface area contributed by atoms with Crippen LogP contribution in [-0.4, -0.2) is 29.2 Å². The van der Waals surface area contributed by atoms with Gasteiger partial charge in [0.05, 0.1) is 6.21 Å². The summed E-state index contributed by atoms with van der Waals surface area (Å²) in [6, 6.07) is 4.97. The van der Waals surface area contributed by atoms with E-state index in [-0.39, 0.29) is 10.9 Å². The third kappa shape index (κ3) is 4.11. The molecular weight excluding hydrogens is 351 g/mol. The van der Waals surface area contributed by atoms with Crippen LogP contribution in [0.25, 0.3) is 11.3 Å². The van der Waals surface area contributed by atoms with E-state index in [9.17, 15) is 8.78 Å². The van der Waals surface area contributed by atoms with E-state index in [0.29, 0.717) is 28.5 Å². The maximum atomic E-state index is 12.4. The van der Waals surface area contributed by atoms with Gasteiger partial charge in [-0.2, -0.15) is 13.9 Å². The van der Waals surface area contributed by atoms with Gasteiger partial charge in [0, 0.05) is 23.2 Å². The average molecular weight is 364 g/mol. The third-order valence-corrected chi connectivity index (χ3v) is 3.49. The fourth-order valence-corrected chi connectivity index (χ4v) is 2.32. The Morgan fingerprint density at radius 2 is 2.13 bits per heavy atom. The van der Waals surface area contributed by atoms with Gasteiger partial charge < -0.3 is 9.57 Å².